The van der Waals surface area contributed by atoms with Gasteiger partial charge in [0.25, 0.3) is 0 Å². The maximum absolute atomic E-state index is 4.82. The molecule has 0 aliphatic heterocycles. The van der Waals surface area contributed by atoms with E-state index >= 15 is 0 Å². The van der Waals surface area contributed by atoms with Gasteiger partial charge in [0.05, 0.1) is 10.6 Å². The van der Waals surface area contributed by atoms with Gasteiger partial charge in [-0.2, -0.15) is 0 Å². The van der Waals surface area contributed by atoms with Gasteiger partial charge in [0.2, 0.25) is 0 Å². The minimum Gasteiger partial charge on any atom is -0.294 e. The van der Waals surface area contributed by atoms with Gasteiger partial charge in [-0.15, -0.1) is 34.0 Å². The summed E-state index contributed by atoms with van der Waals surface area (Å²) in [5.41, 5.74) is 4.61. The van der Waals surface area contributed by atoms with E-state index in [0.717, 1.165) is 15.8 Å². The van der Waals surface area contributed by atoms with Crippen LogP contribution in [-0.4, -0.2) is 14.5 Å². The van der Waals surface area contributed by atoms with Crippen LogP contribution in [0.1, 0.15) is 11.4 Å². The largest absolute Gasteiger partial charge is 0.294 e. The Morgan fingerprint density at radius 3 is 2.73 bits per heavy atom. The lowest BCUT2D eigenvalue weighted by atomic mass is 10.2. The van der Waals surface area contributed by atoms with Gasteiger partial charge in [-0.25, -0.2) is 9.97 Å². The molecule has 0 amide bonds. The maximum Gasteiger partial charge on any atom is 0.193 e. The fourth-order valence-electron chi connectivity index (χ4n) is 2.55. The second-order valence-electron chi connectivity index (χ2n) is 4.95. The molecule has 4 rings (SSSR count). The van der Waals surface area contributed by atoms with Crippen molar-refractivity contribution in [3.05, 3.63) is 51.9 Å². The van der Waals surface area contributed by atoms with Crippen molar-refractivity contribution in [3.63, 3.8) is 0 Å². The smallest absolute Gasteiger partial charge is 0.193 e. The highest BCUT2D eigenvalue weighted by molar-refractivity contribution is 7.20. The predicted octanol–water partition coefficient (Wildman–Crippen LogP) is 5.40. The molecule has 0 radical (unpaired) electrons. The molecule has 0 N–H and O–H groups in total. The minimum atomic E-state index is 1.01. The highest BCUT2D eigenvalue weighted by Gasteiger charge is 2.16. The zero-order valence-corrected chi connectivity index (χ0v) is 14.6. The van der Waals surface area contributed by atoms with E-state index in [1.54, 1.807) is 34.0 Å². The number of hydrogen-bond acceptors (Lipinski definition) is 5. The molecule has 0 fully saturated rings. The second-order valence-corrected chi connectivity index (χ2v) is 7.63. The molecule has 4 heterocycles. The average molecular weight is 344 g/mol. The Kier molecular flexibility index (Phi) is 3.44. The Morgan fingerprint density at radius 2 is 2.00 bits per heavy atom. The van der Waals surface area contributed by atoms with Gasteiger partial charge in [0.15, 0.2) is 5.13 Å². The molecule has 0 aliphatic rings. The SMILES string of the molecule is Cc1cc(-c2csc(-c3cccs3)n2)c(C)n1-c1nccs1. The lowest BCUT2D eigenvalue weighted by molar-refractivity contribution is 0.951. The van der Waals surface area contributed by atoms with Crippen LogP contribution in [0.4, 0.5) is 0 Å². The van der Waals surface area contributed by atoms with Gasteiger partial charge in [-0.05, 0) is 31.4 Å². The number of aromatic nitrogens is 3. The molecule has 3 nitrogen and oxygen atoms in total. The summed E-state index contributed by atoms with van der Waals surface area (Å²) in [6, 6.07) is 6.38. The van der Waals surface area contributed by atoms with Crippen LogP contribution in [-0.2, 0) is 0 Å². The van der Waals surface area contributed by atoms with Gasteiger partial charge >= 0.3 is 0 Å². The Hall–Kier alpha value is -1.76. The predicted molar refractivity (Wildman–Crippen MR) is 95.3 cm³/mol. The van der Waals surface area contributed by atoms with Gasteiger partial charge < -0.3 is 0 Å². The Morgan fingerprint density at radius 1 is 1.09 bits per heavy atom. The third kappa shape index (κ3) is 2.24. The quantitative estimate of drug-likeness (QED) is 0.498. The molecule has 22 heavy (non-hydrogen) atoms. The first-order chi connectivity index (χ1) is 10.7. The molecule has 0 saturated heterocycles. The van der Waals surface area contributed by atoms with Gasteiger partial charge in [0, 0.05) is 33.9 Å². The third-order valence-electron chi connectivity index (χ3n) is 3.55. The lowest BCUT2D eigenvalue weighted by Gasteiger charge is -2.04. The topological polar surface area (TPSA) is 30.7 Å². The minimum absolute atomic E-state index is 1.01. The van der Waals surface area contributed by atoms with Crippen molar-refractivity contribution < 1.29 is 0 Å². The lowest BCUT2D eigenvalue weighted by Crippen LogP contribution is -1.97. The van der Waals surface area contributed by atoms with Crippen LogP contribution in [0, 0.1) is 13.8 Å². The zero-order valence-electron chi connectivity index (χ0n) is 12.1. The van der Waals surface area contributed by atoms with Crippen molar-refractivity contribution in [1.29, 1.82) is 0 Å². The van der Waals surface area contributed by atoms with E-state index in [1.807, 2.05) is 11.6 Å². The highest BCUT2D eigenvalue weighted by Crippen LogP contribution is 2.34. The number of hydrogen-bond donors (Lipinski definition) is 0. The fraction of sp³-hybridized carbons (Fsp3) is 0.125. The summed E-state index contributed by atoms with van der Waals surface area (Å²) < 4.78 is 2.20. The maximum atomic E-state index is 4.82. The Balaban J connectivity index is 1.80. The summed E-state index contributed by atoms with van der Waals surface area (Å²) in [4.78, 5) is 10.5. The molecular formula is C16H13N3S3. The van der Waals surface area contributed by atoms with Crippen molar-refractivity contribution in [3.8, 4) is 26.3 Å². The summed E-state index contributed by atoms with van der Waals surface area (Å²) in [6.45, 7) is 4.25. The number of rotatable bonds is 3. The molecule has 0 saturated carbocycles. The molecule has 0 aromatic carbocycles. The van der Waals surface area contributed by atoms with Crippen molar-refractivity contribution in [1.82, 2.24) is 14.5 Å². The summed E-state index contributed by atoms with van der Waals surface area (Å²) in [7, 11) is 0. The van der Waals surface area contributed by atoms with Crippen LogP contribution in [0.3, 0.4) is 0 Å². The van der Waals surface area contributed by atoms with Gasteiger partial charge in [-0.3, -0.25) is 4.57 Å². The van der Waals surface area contributed by atoms with Crippen molar-refractivity contribution in [2.75, 3.05) is 0 Å². The molecule has 4 aromatic heterocycles. The molecule has 110 valence electrons. The summed E-state index contributed by atoms with van der Waals surface area (Å²) >= 11 is 5.08. The third-order valence-corrected chi connectivity index (χ3v) is 6.19. The fourth-order valence-corrected chi connectivity index (χ4v) is 4.94. The average Bonchev–Trinajstić information content (AvgIpc) is 3.26. The summed E-state index contributed by atoms with van der Waals surface area (Å²) in [5, 5.41) is 8.33. The van der Waals surface area contributed by atoms with E-state index in [4.69, 9.17) is 4.98 Å². The normalized spacial score (nSPS) is 11.2. The van der Waals surface area contributed by atoms with Crippen LogP contribution in [0.5, 0.6) is 0 Å². The highest BCUT2D eigenvalue weighted by atomic mass is 32.1. The van der Waals surface area contributed by atoms with Crippen LogP contribution in [0.2, 0.25) is 0 Å². The number of aryl methyl sites for hydroxylation is 1. The van der Waals surface area contributed by atoms with Crippen LogP contribution >= 0.6 is 34.0 Å². The first-order valence-corrected chi connectivity index (χ1v) is 9.46. The van der Waals surface area contributed by atoms with Crippen LogP contribution in [0.15, 0.2) is 40.5 Å². The van der Waals surface area contributed by atoms with E-state index in [1.165, 1.54) is 21.8 Å². The van der Waals surface area contributed by atoms with Gasteiger partial charge in [0.1, 0.15) is 5.01 Å². The molecule has 6 heteroatoms. The van der Waals surface area contributed by atoms with Crippen molar-refractivity contribution in [2.24, 2.45) is 0 Å². The number of nitrogens with zero attached hydrogens (tertiary/aromatic N) is 3. The molecule has 0 aliphatic carbocycles. The van der Waals surface area contributed by atoms with Crippen LogP contribution in [0.25, 0.3) is 26.3 Å². The van der Waals surface area contributed by atoms with E-state index < -0.39 is 0 Å². The van der Waals surface area contributed by atoms with Crippen molar-refractivity contribution >= 4 is 34.0 Å². The van der Waals surface area contributed by atoms with Gasteiger partial charge in [-0.1, -0.05) is 6.07 Å². The molecule has 0 unspecified atom stereocenters. The first kappa shape index (κ1) is 13.9. The summed E-state index contributed by atoms with van der Waals surface area (Å²) in [5.74, 6) is 0. The van der Waals surface area contributed by atoms with E-state index in [2.05, 4.69) is 52.4 Å². The monoisotopic (exact) mass is 343 g/mol. The Bertz CT molecular complexity index is 899. The van der Waals surface area contributed by atoms with Crippen LogP contribution < -0.4 is 0 Å². The number of thiophene rings is 1. The second kappa shape index (κ2) is 5.46. The Labute approximate surface area is 140 Å². The number of thiazole rings is 2. The van der Waals surface area contributed by atoms with E-state index in [9.17, 15) is 0 Å². The van der Waals surface area contributed by atoms with E-state index in [0.29, 0.717) is 0 Å². The molecule has 4 aromatic rings. The standard InChI is InChI=1S/C16H13N3S3/c1-10-8-12(11(2)19(10)16-17-5-7-21-16)13-9-22-15(18-13)14-4-3-6-20-14/h3-9H,1-2H3. The summed E-state index contributed by atoms with van der Waals surface area (Å²) in [6.07, 6.45) is 1.84. The molecular weight excluding hydrogens is 330 g/mol. The molecule has 0 spiro atoms. The van der Waals surface area contributed by atoms with E-state index in [-0.39, 0.29) is 0 Å². The zero-order chi connectivity index (χ0) is 15.1. The molecule has 0 atom stereocenters. The first-order valence-electron chi connectivity index (χ1n) is 6.82. The van der Waals surface area contributed by atoms with Crippen molar-refractivity contribution in [2.45, 2.75) is 13.8 Å². The molecule has 0 bridgehead atoms.